The van der Waals surface area contributed by atoms with Crippen molar-refractivity contribution < 1.29 is 19.5 Å². The first-order valence-electron chi connectivity index (χ1n) is 7.77. The molecule has 2 rings (SSSR count). The summed E-state index contributed by atoms with van der Waals surface area (Å²) < 4.78 is 0. The van der Waals surface area contributed by atoms with Gasteiger partial charge in [0.05, 0.1) is 11.3 Å². The Hall–Kier alpha value is -1.59. The molecule has 0 spiro atoms. The van der Waals surface area contributed by atoms with Crippen LogP contribution < -0.4 is 5.32 Å². The van der Waals surface area contributed by atoms with Gasteiger partial charge < -0.3 is 15.3 Å². The average Bonchev–Trinajstić information content (AvgIpc) is 3.26. The number of piperidine rings is 1. The number of likely N-dealkylation sites (tertiary alicyclic amines) is 1. The fourth-order valence-corrected chi connectivity index (χ4v) is 2.81. The van der Waals surface area contributed by atoms with Crippen LogP contribution in [0.4, 0.5) is 0 Å². The zero-order valence-corrected chi connectivity index (χ0v) is 12.6. The van der Waals surface area contributed by atoms with Crippen LogP contribution >= 0.6 is 0 Å². The summed E-state index contributed by atoms with van der Waals surface area (Å²) in [5.74, 6) is -1.04. The van der Waals surface area contributed by atoms with Crippen LogP contribution in [0, 0.1) is 11.3 Å². The van der Waals surface area contributed by atoms with Crippen molar-refractivity contribution in [2.45, 2.75) is 45.4 Å². The molecule has 1 unspecified atom stereocenters. The fourth-order valence-electron chi connectivity index (χ4n) is 2.81. The molecule has 2 N–H and O–H groups in total. The summed E-state index contributed by atoms with van der Waals surface area (Å²) in [5, 5.41) is 11.9. The molecule has 2 amide bonds. The lowest BCUT2D eigenvalue weighted by molar-refractivity contribution is -0.143. The van der Waals surface area contributed by atoms with Crippen LogP contribution in [-0.2, 0) is 14.4 Å². The van der Waals surface area contributed by atoms with Gasteiger partial charge in [-0.15, -0.1) is 0 Å². The molecule has 1 saturated carbocycles. The number of aliphatic carboxylic acids is 1. The number of nitrogens with one attached hydrogen (secondary N) is 1. The number of carboxylic acids is 1. The van der Waals surface area contributed by atoms with Crippen molar-refractivity contribution in [3.05, 3.63) is 0 Å². The minimum atomic E-state index is -0.828. The second kappa shape index (κ2) is 6.45. The zero-order valence-electron chi connectivity index (χ0n) is 12.6. The monoisotopic (exact) mass is 296 g/mol. The van der Waals surface area contributed by atoms with E-state index in [0.717, 1.165) is 25.8 Å². The lowest BCUT2D eigenvalue weighted by Crippen LogP contribution is -2.46. The van der Waals surface area contributed by atoms with Gasteiger partial charge in [0.25, 0.3) is 0 Å². The number of carbonyl (C=O) groups is 3. The molecule has 1 heterocycles. The van der Waals surface area contributed by atoms with E-state index < -0.39 is 11.4 Å². The molecule has 0 aromatic heterocycles. The third-order valence-corrected chi connectivity index (χ3v) is 4.52. The number of carbonyl (C=O) groups excluding carboxylic acids is 2. The number of carboxylic acid groups (broad SMARTS) is 1. The summed E-state index contributed by atoms with van der Waals surface area (Å²) in [4.78, 5) is 36.9. The van der Waals surface area contributed by atoms with E-state index >= 15 is 0 Å². The van der Waals surface area contributed by atoms with E-state index in [1.165, 1.54) is 0 Å². The first-order chi connectivity index (χ1) is 9.98. The highest BCUT2D eigenvalue weighted by Gasteiger charge is 2.50. The molecular formula is C15H24N2O4. The minimum Gasteiger partial charge on any atom is -0.481 e. The topological polar surface area (TPSA) is 86.7 Å². The summed E-state index contributed by atoms with van der Waals surface area (Å²) in [6.07, 6.45) is 4.20. The largest absolute Gasteiger partial charge is 0.481 e. The summed E-state index contributed by atoms with van der Waals surface area (Å²) >= 11 is 0. The van der Waals surface area contributed by atoms with Gasteiger partial charge in [-0.2, -0.15) is 0 Å². The van der Waals surface area contributed by atoms with E-state index in [1.54, 1.807) is 4.90 Å². The SMILES string of the molecule is CCCC(=O)N1CCCC(C(=O)NCC2(C(=O)O)CC2)C1. The van der Waals surface area contributed by atoms with Crippen molar-refractivity contribution in [1.29, 1.82) is 0 Å². The van der Waals surface area contributed by atoms with E-state index in [4.69, 9.17) is 5.11 Å². The highest BCUT2D eigenvalue weighted by Crippen LogP contribution is 2.45. The van der Waals surface area contributed by atoms with E-state index in [1.807, 2.05) is 6.92 Å². The normalized spacial score (nSPS) is 23.5. The Kier molecular flexibility index (Phi) is 4.85. The summed E-state index contributed by atoms with van der Waals surface area (Å²) in [5.41, 5.74) is -0.734. The van der Waals surface area contributed by atoms with Crippen molar-refractivity contribution in [3.63, 3.8) is 0 Å². The Balaban J connectivity index is 1.82. The number of amides is 2. The molecule has 2 fully saturated rings. The molecule has 1 aliphatic carbocycles. The van der Waals surface area contributed by atoms with Crippen LogP contribution in [-0.4, -0.2) is 47.4 Å². The maximum Gasteiger partial charge on any atom is 0.311 e. The van der Waals surface area contributed by atoms with Crippen LogP contribution in [0.15, 0.2) is 0 Å². The number of hydrogen-bond donors (Lipinski definition) is 2. The first kappa shape index (κ1) is 15.8. The van der Waals surface area contributed by atoms with Crippen molar-refractivity contribution in [3.8, 4) is 0 Å². The number of hydrogen-bond acceptors (Lipinski definition) is 3. The van der Waals surface area contributed by atoms with E-state index in [-0.39, 0.29) is 24.3 Å². The minimum absolute atomic E-state index is 0.110. The van der Waals surface area contributed by atoms with E-state index in [2.05, 4.69) is 5.32 Å². The van der Waals surface area contributed by atoms with Crippen molar-refractivity contribution >= 4 is 17.8 Å². The van der Waals surface area contributed by atoms with Crippen LogP contribution in [0.5, 0.6) is 0 Å². The van der Waals surface area contributed by atoms with E-state index in [0.29, 0.717) is 25.8 Å². The first-order valence-corrected chi connectivity index (χ1v) is 7.77. The van der Waals surface area contributed by atoms with Gasteiger partial charge in [0.1, 0.15) is 0 Å². The van der Waals surface area contributed by atoms with Crippen LogP contribution in [0.1, 0.15) is 45.4 Å². The van der Waals surface area contributed by atoms with Crippen molar-refractivity contribution in [2.24, 2.45) is 11.3 Å². The third kappa shape index (κ3) is 3.74. The Labute approximate surface area is 124 Å². The predicted octanol–water partition coefficient (Wildman–Crippen LogP) is 1.01. The number of nitrogens with zero attached hydrogens (tertiary/aromatic N) is 1. The Morgan fingerprint density at radius 1 is 1.33 bits per heavy atom. The maximum absolute atomic E-state index is 12.2. The molecule has 0 aromatic rings. The van der Waals surface area contributed by atoms with Crippen LogP contribution in [0.3, 0.4) is 0 Å². The molecule has 6 nitrogen and oxygen atoms in total. The molecule has 6 heteroatoms. The average molecular weight is 296 g/mol. The summed E-state index contributed by atoms with van der Waals surface area (Å²) in [7, 11) is 0. The van der Waals surface area contributed by atoms with Gasteiger partial charge >= 0.3 is 5.97 Å². The molecule has 0 bridgehead atoms. The van der Waals surface area contributed by atoms with Gasteiger partial charge in [-0.05, 0) is 32.1 Å². The fraction of sp³-hybridized carbons (Fsp3) is 0.800. The lowest BCUT2D eigenvalue weighted by Gasteiger charge is -2.32. The quantitative estimate of drug-likeness (QED) is 0.765. The standard InChI is InChI=1S/C15H24N2O4/c1-2-4-12(18)17-8-3-5-11(9-17)13(19)16-10-15(6-7-15)14(20)21/h11H,2-10H2,1H3,(H,16,19)(H,20,21). The third-order valence-electron chi connectivity index (χ3n) is 4.52. The van der Waals surface area contributed by atoms with Gasteiger partial charge in [0, 0.05) is 26.1 Å². The molecule has 1 aliphatic heterocycles. The van der Waals surface area contributed by atoms with Gasteiger partial charge in [0.15, 0.2) is 0 Å². The van der Waals surface area contributed by atoms with Crippen LogP contribution in [0.2, 0.25) is 0 Å². The highest BCUT2D eigenvalue weighted by molar-refractivity contribution is 5.83. The zero-order chi connectivity index (χ0) is 15.5. The molecule has 0 radical (unpaired) electrons. The van der Waals surface area contributed by atoms with Gasteiger partial charge in [-0.1, -0.05) is 6.92 Å². The Morgan fingerprint density at radius 3 is 2.62 bits per heavy atom. The summed E-state index contributed by atoms with van der Waals surface area (Å²) in [6, 6.07) is 0. The second-order valence-electron chi connectivity index (χ2n) is 6.23. The Morgan fingerprint density at radius 2 is 2.05 bits per heavy atom. The van der Waals surface area contributed by atoms with Crippen molar-refractivity contribution in [1.82, 2.24) is 10.2 Å². The highest BCUT2D eigenvalue weighted by atomic mass is 16.4. The molecule has 21 heavy (non-hydrogen) atoms. The molecule has 118 valence electrons. The molecule has 1 saturated heterocycles. The Bertz CT molecular complexity index is 431. The smallest absolute Gasteiger partial charge is 0.311 e. The summed E-state index contributed by atoms with van der Waals surface area (Å²) in [6.45, 7) is 3.36. The second-order valence-corrected chi connectivity index (χ2v) is 6.23. The molecule has 1 atom stereocenters. The molecular weight excluding hydrogens is 272 g/mol. The van der Waals surface area contributed by atoms with Gasteiger partial charge in [-0.3, -0.25) is 14.4 Å². The van der Waals surface area contributed by atoms with Crippen LogP contribution in [0.25, 0.3) is 0 Å². The molecule has 2 aliphatic rings. The predicted molar refractivity (Wildman–Crippen MR) is 76.5 cm³/mol. The number of rotatable bonds is 6. The van der Waals surface area contributed by atoms with E-state index in [9.17, 15) is 14.4 Å². The molecule has 0 aromatic carbocycles. The van der Waals surface area contributed by atoms with Crippen molar-refractivity contribution in [2.75, 3.05) is 19.6 Å². The lowest BCUT2D eigenvalue weighted by atomic mass is 9.96. The maximum atomic E-state index is 12.2. The van der Waals surface area contributed by atoms with Gasteiger partial charge in [-0.25, -0.2) is 0 Å². The van der Waals surface area contributed by atoms with Gasteiger partial charge in [0.2, 0.25) is 11.8 Å².